The maximum absolute atomic E-state index is 5.97. The molecule has 1 saturated heterocycles. The molecule has 4 nitrogen and oxygen atoms in total. The molecule has 1 aromatic rings. The lowest BCUT2D eigenvalue weighted by Gasteiger charge is -2.29. The van der Waals surface area contributed by atoms with Crippen molar-refractivity contribution in [3.8, 4) is 0 Å². The summed E-state index contributed by atoms with van der Waals surface area (Å²) in [5.41, 5.74) is 0. The van der Waals surface area contributed by atoms with Crippen molar-refractivity contribution in [2.24, 2.45) is 5.92 Å². The van der Waals surface area contributed by atoms with Crippen LogP contribution in [0, 0.1) is 5.92 Å². The van der Waals surface area contributed by atoms with E-state index >= 15 is 0 Å². The van der Waals surface area contributed by atoms with Crippen molar-refractivity contribution in [2.75, 3.05) is 32.0 Å². The summed E-state index contributed by atoms with van der Waals surface area (Å²) in [4.78, 5) is 10.3. The molecule has 88 valence electrons. The Balaban J connectivity index is 1.81. The van der Waals surface area contributed by atoms with E-state index in [-0.39, 0.29) is 0 Å². The summed E-state index contributed by atoms with van der Waals surface area (Å²) in [7, 11) is 2.17. The minimum absolute atomic E-state index is 0.593. The second-order valence-corrected chi connectivity index (χ2v) is 4.75. The standard InChI is InChI=1S/C11H17ClN4/c1-16-4-2-9(3-5-16)6-14-11-10(12)7-13-8-15-11/h7-9H,2-6H2,1H3,(H,13,14,15). The number of likely N-dealkylation sites (tertiary alicyclic amines) is 1. The van der Waals surface area contributed by atoms with Gasteiger partial charge >= 0.3 is 0 Å². The smallest absolute Gasteiger partial charge is 0.148 e. The van der Waals surface area contributed by atoms with Crippen LogP contribution in [0.15, 0.2) is 12.5 Å². The Morgan fingerprint density at radius 1 is 1.50 bits per heavy atom. The monoisotopic (exact) mass is 240 g/mol. The van der Waals surface area contributed by atoms with E-state index in [1.165, 1.54) is 32.3 Å². The molecule has 1 fully saturated rings. The zero-order valence-electron chi connectivity index (χ0n) is 9.49. The van der Waals surface area contributed by atoms with Crippen LogP contribution in [0.4, 0.5) is 5.82 Å². The molecule has 0 amide bonds. The SMILES string of the molecule is CN1CCC(CNc2ncncc2Cl)CC1. The van der Waals surface area contributed by atoms with Crippen molar-refractivity contribution >= 4 is 17.4 Å². The topological polar surface area (TPSA) is 41.0 Å². The first-order valence-corrected chi connectivity index (χ1v) is 6.01. The molecule has 2 heterocycles. The molecule has 0 bridgehead atoms. The van der Waals surface area contributed by atoms with Gasteiger partial charge in [-0.3, -0.25) is 0 Å². The van der Waals surface area contributed by atoms with Gasteiger partial charge in [-0.15, -0.1) is 0 Å². The highest BCUT2D eigenvalue weighted by atomic mass is 35.5. The lowest BCUT2D eigenvalue weighted by atomic mass is 9.97. The van der Waals surface area contributed by atoms with Crippen LogP contribution < -0.4 is 5.32 Å². The van der Waals surface area contributed by atoms with E-state index in [1.807, 2.05) is 0 Å². The molecule has 0 unspecified atom stereocenters. The minimum Gasteiger partial charge on any atom is -0.368 e. The van der Waals surface area contributed by atoms with Crippen LogP contribution in [0.1, 0.15) is 12.8 Å². The first-order valence-electron chi connectivity index (χ1n) is 5.63. The van der Waals surface area contributed by atoms with Gasteiger partial charge in [-0.2, -0.15) is 0 Å². The van der Waals surface area contributed by atoms with Gasteiger partial charge in [0.25, 0.3) is 0 Å². The van der Waals surface area contributed by atoms with E-state index in [0.29, 0.717) is 5.02 Å². The summed E-state index contributed by atoms with van der Waals surface area (Å²) in [6, 6.07) is 0. The number of nitrogens with zero attached hydrogens (tertiary/aromatic N) is 3. The molecule has 0 spiro atoms. The number of hydrogen-bond acceptors (Lipinski definition) is 4. The van der Waals surface area contributed by atoms with E-state index < -0.39 is 0 Å². The number of piperidine rings is 1. The zero-order chi connectivity index (χ0) is 11.4. The Hall–Kier alpha value is -0.870. The van der Waals surface area contributed by atoms with Crippen molar-refractivity contribution in [3.05, 3.63) is 17.5 Å². The largest absolute Gasteiger partial charge is 0.368 e. The summed E-state index contributed by atoms with van der Waals surface area (Å²) >= 11 is 5.97. The highest BCUT2D eigenvalue weighted by Crippen LogP contribution is 2.19. The normalized spacial score (nSPS) is 18.6. The molecule has 1 aromatic heterocycles. The van der Waals surface area contributed by atoms with Crippen LogP contribution in [0.2, 0.25) is 5.02 Å². The first-order chi connectivity index (χ1) is 7.75. The second-order valence-electron chi connectivity index (χ2n) is 4.35. The first kappa shape index (κ1) is 11.6. The number of nitrogens with one attached hydrogen (secondary N) is 1. The number of hydrogen-bond donors (Lipinski definition) is 1. The molecular weight excluding hydrogens is 224 g/mol. The summed E-state index contributed by atoms with van der Waals surface area (Å²) in [6.07, 6.45) is 5.62. The summed E-state index contributed by atoms with van der Waals surface area (Å²) in [5.74, 6) is 1.47. The lowest BCUT2D eigenvalue weighted by Crippen LogP contribution is -2.33. The van der Waals surface area contributed by atoms with Crippen molar-refractivity contribution in [1.82, 2.24) is 14.9 Å². The van der Waals surface area contributed by atoms with Gasteiger partial charge in [0.1, 0.15) is 17.2 Å². The summed E-state index contributed by atoms with van der Waals surface area (Å²) in [5, 5.41) is 3.89. The third-order valence-corrected chi connectivity index (χ3v) is 3.34. The zero-order valence-corrected chi connectivity index (χ0v) is 10.2. The average molecular weight is 241 g/mol. The Kier molecular flexibility index (Phi) is 3.96. The molecule has 2 rings (SSSR count). The Labute approximate surface area is 101 Å². The molecule has 1 aliphatic rings. The summed E-state index contributed by atoms with van der Waals surface area (Å²) in [6.45, 7) is 3.32. The van der Waals surface area contributed by atoms with Gasteiger partial charge in [-0.1, -0.05) is 11.6 Å². The third kappa shape index (κ3) is 3.06. The van der Waals surface area contributed by atoms with Crippen LogP contribution in [0.5, 0.6) is 0 Å². The van der Waals surface area contributed by atoms with E-state index in [1.54, 1.807) is 6.20 Å². The fourth-order valence-corrected chi connectivity index (χ4v) is 2.12. The predicted octanol–water partition coefficient (Wildman–Crippen LogP) is 1.88. The fraction of sp³-hybridized carbons (Fsp3) is 0.636. The molecule has 16 heavy (non-hydrogen) atoms. The molecule has 1 N–H and O–H groups in total. The molecule has 0 aliphatic carbocycles. The minimum atomic E-state index is 0.593. The van der Waals surface area contributed by atoms with E-state index in [4.69, 9.17) is 11.6 Å². The van der Waals surface area contributed by atoms with Crippen LogP contribution in [-0.4, -0.2) is 41.5 Å². The molecule has 1 aliphatic heterocycles. The van der Waals surface area contributed by atoms with Gasteiger partial charge in [-0.05, 0) is 38.9 Å². The van der Waals surface area contributed by atoms with Gasteiger partial charge < -0.3 is 10.2 Å². The molecule has 5 heteroatoms. The number of anilines is 1. The Bertz CT molecular complexity index is 337. The molecule has 0 aromatic carbocycles. The van der Waals surface area contributed by atoms with Crippen molar-refractivity contribution in [3.63, 3.8) is 0 Å². The average Bonchev–Trinajstić information content (AvgIpc) is 2.30. The fourth-order valence-electron chi connectivity index (χ4n) is 1.95. The van der Waals surface area contributed by atoms with Gasteiger partial charge in [0.2, 0.25) is 0 Å². The highest BCUT2D eigenvalue weighted by Gasteiger charge is 2.16. The molecule has 0 atom stereocenters. The number of halogens is 1. The van der Waals surface area contributed by atoms with Gasteiger partial charge in [-0.25, -0.2) is 9.97 Å². The predicted molar refractivity (Wildman–Crippen MR) is 65.8 cm³/mol. The quantitative estimate of drug-likeness (QED) is 0.876. The molecule has 0 radical (unpaired) electrons. The van der Waals surface area contributed by atoms with Crippen LogP contribution >= 0.6 is 11.6 Å². The molecule has 0 saturated carbocycles. The van der Waals surface area contributed by atoms with Gasteiger partial charge in [0.15, 0.2) is 0 Å². The number of rotatable bonds is 3. The van der Waals surface area contributed by atoms with Crippen LogP contribution in [0.25, 0.3) is 0 Å². The van der Waals surface area contributed by atoms with Gasteiger partial charge in [0, 0.05) is 6.54 Å². The second kappa shape index (κ2) is 5.46. The van der Waals surface area contributed by atoms with E-state index in [9.17, 15) is 0 Å². The lowest BCUT2D eigenvalue weighted by molar-refractivity contribution is 0.226. The third-order valence-electron chi connectivity index (χ3n) is 3.06. The summed E-state index contributed by atoms with van der Waals surface area (Å²) < 4.78 is 0. The highest BCUT2D eigenvalue weighted by molar-refractivity contribution is 6.32. The van der Waals surface area contributed by atoms with Crippen LogP contribution in [0.3, 0.4) is 0 Å². The maximum atomic E-state index is 5.97. The van der Waals surface area contributed by atoms with Gasteiger partial charge in [0.05, 0.1) is 6.20 Å². The van der Waals surface area contributed by atoms with Crippen LogP contribution in [-0.2, 0) is 0 Å². The van der Waals surface area contributed by atoms with E-state index in [2.05, 4.69) is 27.2 Å². The molecular formula is C11H17ClN4. The van der Waals surface area contributed by atoms with Crippen molar-refractivity contribution < 1.29 is 0 Å². The Morgan fingerprint density at radius 3 is 2.94 bits per heavy atom. The Morgan fingerprint density at radius 2 is 2.25 bits per heavy atom. The van der Waals surface area contributed by atoms with Crippen molar-refractivity contribution in [2.45, 2.75) is 12.8 Å². The van der Waals surface area contributed by atoms with Crippen molar-refractivity contribution in [1.29, 1.82) is 0 Å². The van der Waals surface area contributed by atoms with E-state index in [0.717, 1.165) is 18.3 Å². The maximum Gasteiger partial charge on any atom is 0.148 e. The number of aromatic nitrogens is 2.